The van der Waals surface area contributed by atoms with Crippen molar-refractivity contribution in [1.29, 1.82) is 0 Å². The van der Waals surface area contributed by atoms with Crippen LogP contribution in [0.3, 0.4) is 0 Å². The molecule has 0 aromatic heterocycles. The van der Waals surface area contributed by atoms with Gasteiger partial charge in [-0.3, -0.25) is 0 Å². The third kappa shape index (κ3) is 4.46. The van der Waals surface area contributed by atoms with Crippen LogP contribution < -0.4 is 10.5 Å². The minimum absolute atomic E-state index is 0.121. The molecule has 0 fully saturated rings. The highest BCUT2D eigenvalue weighted by atomic mass is 79.9. The molecule has 0 bridgehead atoms. The Morgan fingerprint density at radius 2 is 2.17 bits per heavy atom. The van der Waals surface area contributed by atoms with Gasteiger partial charge in [0.05, 0.1) is 0 Å². The minimum Gasteiger partial charge on any atom is -0.489 e. The first-order valence-electron chi connectivity index (χ1n) is 6.28. The second-order valence-corrected chi connectivity index (χ2v) is 5.70. The Morgan fingerprint density at radius 3 is 2.72 bits per heavy atom. The van der Waals surface area contributed by atoms with E-state index in [9.17, 15) is 0 Å². The molecule has 18 heavy (non-hydrogen) atoms. The highest BCUT2D eigenvalue weighted by Gasteiger charge is 2.11. The smallest absolute Gasteiger partial charge is 0.126 e. The number of rotatable bonds is 6. The number of benzene rings is 1. The molecule has 0 amide bonds. The molecule has 1 aromatic rings. The molecule has 1 aromatic carbocycles. The molecule has 0 saturated heterocycles. The molecule has 0 radical (unpaired) electrons. The van der Waals surface area contributed by atoms with Crippen LogP contribution in [0, 0.1) is 6.92 Å². The lowest BCUT2D eigenvalue weighted by Crippen LogP contribution is -2.18. The SMILES string of the molecule is C=C(CC)COc1c(C)cc(Br)cc1CC(C)N. The topological polar surface area (TPSA) is 35.2 Å². The third-order valence-corrected chi connectivity index (χ3v) is 3.24. The Kier molecular flexibility index (Phi) is 5.89. The van der Waals surface area contributed by atoms with E-state index in [1.807, 2.05) is 6.92 Å². The Hall–Kier alpha value is -0.800. The van der Waals surface area contributed by atoms with Crippen LogP contribution in [-0.2, 0) is 6.42 Å². The summed E-state index contributed by atoms with van der Waals surface area (Å²) in [6.45, 7) is 10.7. The van der Waals surface area contributed by atoms with Crippen molar-refractivity contribution in [3.05, 3.63) is 39.9 Å². The van der Waals surface area contributed by atoms with Crippen LogP contribution in [-0.4, -0.2) is 12.6 Å². The molecule has 1 unspecified atom stereocenters. The molecule has 2 nitrogen and oxygen atoms in total. The average molecular weight is 312 g/mol. The Balaban J connectivity index is 2.96. The standard InChI is InChI=1S/C15H22BrNO/c1-5-10(2)9-18-15-11(3)6-14(16)8-13(15)7-12(4)17/h6,8,12H,2,5,7,9,17H2,1,3-4H3. The predicted molar refractivity (Wildman–Crippen MR) is 81.2 cm³/mol. The van der Waals surface area contributed by atoms with E-state index in [0.717, 1.165) is 39.8 Å². The summed E-state index contributed by atoms with van der Waals surface area (Å²) in [6.07, 6.45) is 1.76. The van der Waals surface area contributed by atoms with Gasteiger partial charge in [0.25, 0.3) is 0 Å². The molecule has 0 aliphatic carbocycles. The lowest BCUT2D eigenvalue weighted by Gasteiger charge is -2.16. The maximum absolute atomic E-state index is 5.90. The molecule has 1 atom stereocenters. The average Bonchev–Trinajstić information content (AvgIpc) is 2.26. The van der Waals surface area contributed by atoms with Crippen molar-refractivity contribution in [2.75, 3.05) is 6.61 Å². The van der Waals surface area contributed by atoms with E-state index in [2.05, 4.69) is 48.5 Å². The lowest BCUT2D eigenvalue weighted by molar-refractivity contribution is 0.342. The van der Waals surface area contributed by atoms with Gasteiger partial charge in [0, 0.05) is 10.5 Å². The number of halogens is 1. The minimum atomic E-state index is 0.121. The van der Waals surface area contributed by atoms with Crippen LogP contribution >= 0.6 is 15.9 Å². The van der Waals surface area contributed by atoms with Crippen molar-refractivity contribution in [2.24, 2.45) is 5.73 Å². The summed E-state index contributed by atoms with van der Waals surface area (Å²) in [5.74, 6) is 0.949. The quantitative estimate of drug-likeness (QED) is 0.806. The van der Waals surface area contributed by atoms with E-state index < -0.39 is 0 Å². The molecule has 1 rings (SSSR count). The summed E-state index contributed by atoms with van der Waals surface area (Å²) in [7, 11) is 0. The molecule has 0 aliphatic heterocycles. The van der Waals surface area contributed by atoms with Gasteiger partial charge in [-0.05, 0) is 55.5 Å². The van der Waals surface area contributed by atoms with Gasteiger partial charge in [0.15, 0.2) is 0 Å². The van der Waals surface area contributed by atoms with Crippen molar-refractivity contribution >= 4 is 15.9 Å². The molecular weight excluding hydrogens is 290 g/mol. The van der Waals surface area contributed by atoms with Crippen molar-refractivity contribution < 1.29 is 4.74 Å². The Bertz CT molecular complexity index is 427. The van der Waals surface area contributed by atoms with E-state index in [1.54, 1.807) is 0 Å². The first-order valence-corrected chi connectivity index (χ1v) is 7.07. The molecule has 100 valence electrons. The summed E-state index contributed by atoms with van der Waals surface area (Å²) >= 11 is 3.52. The van der Waals surface area contributed by atoms with Gasteiger partial charge in [0.2, 0.25) is 0 Å². The number of ether oxygens (including phenoxy) is 1. The van der Waals surface area contributed by atoms with Crippen LogP contribution in [0.25, 0.3) is 0 Å². The summed E-state index contributed by atoms with van der Waals surface area (Å²) in [5.41, 5.74) is 9.27. The fourth-order valence-corrected chi connectivity index (χ4v) is 2.40. The van der Waals surface area contributed by atoms with Crippen molar-refractivity contribution in [2.45, 2.75) is 39.7 Å². The van der Waals surface area contributed by atoms with E-state index >= 15 is 0 Å². The van der Waals surface area contributed by atoms with Crippen LogP contribution in [0.15, 0.2) is 28.8 Å². The summed E-state index contributed by atoms with van der Waals surface area (Å²) in [5, 5.41) is 0. The predicted octanol–water partition coefficient (Wildman–Crippen LogP) is 3.99. The van der Waals surface area contributed by atoms with Gasteiger partial charge >= 0.3 is 0 Å². The first kappa shape index (κ1) is 15.3. The summed E-state index contributed by atoms with van der Waals surface area (Å²) in [6, 6.07) is 4.27. The summed E-state index contributed by atoms with van der Waals surface area (Å²) < 4.78 is 6.97. The van der Waals surface area contributed by atoms with Crippen molar-refractivity contribution in [3.63, 3.8) is 0 Å². The molecular formula is C15H22BrNO. The zero-order valence-electron chi connectivity index (χ0n) is 11.4. The fraction of sp³-hybridized carbons (Fsp3) is 0.467. The van der Waals surface area contributed by atoms with Crippen molar-refractivity contribution in [3.8, 4) is 5.75 Å². The summed E-state index contributed by atoms with van der Waals surface area (Å²) in [4.78, 5) is 0. The van der Waals surface area contributed by atoms with Gasteiger partial charge in [-0.1, -0.05) is 29.4 Å². The van der Waals surface area contributed by atoms with Crippen LogP contribution in [0.1, 0.15) is 31.4 Å². The Morgan fingerprint density at radius 1 is 1.50 bits per heavy atom. The van der Waals surface area contributed by atoms with Crippen LogP contribution in [0.5, 0.6) is 5.75 Å². The molecule has 0 spiro atoms. The van der Waals surface area contributed by atoms with Crippen LogP contribution in [0.4, 0.5) is 0 Å². The largest absolute Gasteiger partial charge is 0.489 e. The highest BCUT2D eigenvalue weighted by molar-refractivity contribution is 9.10. The maximum Gasteiger partial charge on any atom is 0.126 e. The van der Waals surface area contributed by atoms with Gasteiger partial charge in [-0.15, -0.1) is 0 Å². The zero-order valence-corrected chi connectivity index (χ0v) is 13.0. The van der Waals surface area contributed by atoms with Gasteiger partial charge < -0.3 is 10.5 Å². The van der Waals surface area contributed by atoms with Crippen LogP contribution in [0.2, 0.25) is 0 Å². The van der Waals surface area contributed by atoms with Gasteiger partial charge in [-0.25, -0.2) is 0 Å². The Labute approximate surface area is 118 Å². The molecule has 0 heterocycles. The molecule has 0 saturated carbocycles. The number of hydrogen-bond acceptors (Lipinski definition) is 2. The second kappa shape index (κ2) is 6.95. The van der Waals surface area contributed by atoms with Crippen molar-refractivity contribution in [1.82, 2.24) is 0 Å². The van der Waals surface area contributed by atoms with Gasteiger partial charge in [0.1, 0.15) is 12.4 Å². The molecule has 0 aliphatic rings. The second-order valence-electron chi connectivity index (χ2n) is 4.78. The third-order valence-electron chi connectivity index (χ3n) is 2.78. The van der Waals surface area contributed by atoms with E-state index in [1.165, 1.54) is 0 Å². The van der Waals surface area contributed by atoms with E-state index in [0.29, 0.717) is 6.61 Å². The van der Waals surface area contributed by atoms with Gasteiger partial charge in [-0.2, -0.15) is 0 Å². The van der Waals surface area contributed by atoms with E-state index in [-0.39, 0.29) is 6.04 Å². The number of hydrogen-bond donors (Lipinski definition) is 1. The maximum atomic E-state index is 5.90. The lowest BCUT2D eigenvalue weighted by atomic mass is 10.0. The number of nitrogens with two attached hydrogens (primary N) is 1. The normalized spacial score (nSPS) is 12.3. The first-order chi connectivity index (χ1) is 8.43. The molecule has 2 N–H and O–H groups in total. The monoisotopic (exact) mass is 311 g/mol. The zero-order chi connectivity index (χ0) is 13.7. The highest BCUT2D eigenvalue weighted by Crippen LogP contribution is 2.29. The van der Waals surface area contributed by atoms with E-state index in [4.69, 9.17) is 10.5 Å². The number of aryl methyl sites for hydroxylation is 1. The fourth-order valence-electron chi connectivity index (χ4n) is 1.78. The molecule has 3 heteroatoms.